The van der Waals surface area contributed by atoms with Gasteiger partial charge in [0.25, 0.3) is 5.56 Å². The van der Waals surface area contributed by atoms with Gasteiger partial charge >= 0.3 is 0 Å². The number of hydrogen-bond donors (Lipinski definition) is 1. The van der Waals surface area contributed by atoms with E-state index in [1.54, 1.807) is 6.07 Å². The summed E-state index contributed by atoms with van der Waals surface area (Å²) in [6.07, 6.45) is 7.66. The highest BCUT2D eigenvalue weighted by Gasteiger charge is 2.23. The number of aromatic nitrogens is 3. The van der Waals surface area contributed by atoms with Crippen LogP contribution in [0.5, 0.6) is 0 Å². The SMILES string of the molecule is O=C(Nc1cnc2ccc(N3CCCC3)nn2c1=O)C1CCCC1. The second-order valence-electron chi connectivity index (χ2n) is 6.60. The van der Waals surface area contributed by atoms with Crippen molar-refractivity contribution in [3.8, 4) is 0 Å². The van der Waals surface area contributed by atoms with Crippen LogP contribution in [0.3, 0.4) is 0 Å². The summed E-state index contributed by atoms with van der Waals surface area (Å²) in [4.78, 5) is 31.4. The van der Waals surface area contributed by atoms with E-state index in [9.17, 15) is 9.59 Å². The second-order valence-corrected chi connectivity index (χ2v) is 6.60. The Kier molecular flexibility index (Phi) is 3.92. The summed E-state index contributed by atoms with van der Waals surface area (Å²) in [5, 5.41) is 7.18. The lowest BCUT2D eigenvalue weighted by atomic mass is 10.1. The molecule has 1 saturated heterocycles. The maximum absolute atomic E-state index is 12.7. The molecule has 1 N–H and O–H groups in total. The molecule has 2 aromatic rings. The minimum atomic E-state index is -0.326. The molecule has 0 bridgehead atoms. The zero-order chi connectivity index (χ0) is 16.5. The number of hydrogen-bond acceptors (Lipinski definition) is 5. The number of amides is 1. The predicted molar refractivity (Wildman–Crippen MR) is 91.3 cm³/mol. The van der Waals surface area contributed by atoms with Gasteiger partial charge in [-0.1, -0.05) is 12.8 Å². The van der Waals surface area contributed by atoms with E-state index in [4.69, 9.17) is 0 Å². The van der Waals surface area contributed by atoms with Gasteiger partial charge in [0.05, 0.1) is 6.20 Å². The lowest BCUT2D eigenvalue weighted by Gasteiger charge is -2.16. The van der Waals surface area contributed by atoms with E-state index in [0.29, 0.717) is 5.65 Å². The molecule has 2 aliphatic rings. The van der Waals surface area contributed by atoms with Gasteiger partial charge in [0.15, 0.2) is 5.65 Å². The van der Waals surface area contributed by atoms with Crippen LogP contribution in [0.15, 0.2) is 23.1 Å². The minimum Gasteiger partial charge on any atom is -0.355 e. The molecule has 0 aromatic carbocycles. The van der Waals surface area contributed by atoms with E-state index in [-0.39, 0.29) is 23.1 Å². The predicted octanol–water partition coefficient (Wildman–Crippen LogP) is 1.82. The molecule has 0 spiro atoms. The van der Waals surface area contributed by atoms with E-state index in [0.717, 1.165) is 57.4 Å². The first-order chi connectivity index (χ1) is 11.7. The van der Waals surface area contributed by atoms with Crippen molar-refractivity contribution in [1.82, 2.24) is 14.6 Å². The molecule has 1 aliphatic heterocycles. The van der Waals surface area contributed by atoms with Crippen LogP contribution in [-0.2, 0) is 4.79 Å². The number of nitrogens with one attached hydrogen (secondary N) is 1. The van der Waals surface area contributed by atoms with Crippen molar-refractivity contribution in [2.45, 2.75) is 38.5 Å². The summed E-state index contributed by atoms with van der Waals surface area (Å²) in [7, 11) is 0. The summed E-state index contributed by atoms with van der Waals surface area (Å²) in [5.41, 5.74) is 0.365. The van der Waals surface area contributed by atoms with Gasteiger partial charge in [0.2, 0.25) is 5.91 Å². The Morgan fingerprint density at radius 2 is 1.88 bits per heavy atom. The molecule has 24 heavy (non-hydrogen) atoms. The lowest BCUT2D eigenvalue weighted by Crippen LogP contribution is -2.29. The van der Waals surface area contributed by atoms with E-state index < -0.39 is 0 Å². The lowest BCUT2D eigenvalue weighted by molar-refractivity contribution is -0.119. The monoisotopic (exact) mass is 327 g/mol. The highest BCUT2D eigenvalue weighted by atomic mass is 16.2. The van der Waals surface area contributed by atoms with E-state index >= 15 is 0 Å². The first kappa shape index (κ1) is 15.1. The highest BCUT2D eigenvalue weighted by Crippen LogP contribution is 2.25. The zero-order valence-electron chi connectivity index (χ0n) is 13.6. The third-order valence-corrected chi connectivity index (χ3v) is 4.96. The Morgan fingerprint density at radius 1 is 1.12 bits per heavy atom. The van der Waals surface area contributed by atoms with Crippen LogP contribution in [0.25, 0.3) is 5.65 Å². The molecule has 0 unspecified atom stereocenters. The van der Waals surface area contributed by atoms with Gasteiger partial charge in [-0.3, -0.25) is 9.59 Å². The molecule has 1 aliphatic carbocycles. The van der Waals surface area contributed by atoms with Crippen molar-refractivity contribution in [3.63, 3.8) is 0 Å². The van der Waals surface area contributed by atoms with Gasteiger partial charge in [0, 0.05) is 19.0 Å². The second kappa shape index (κ2) is 6.22. The number of carbonyl (C=O) groups is 1. The number of nitrogens with zero attached hydrogens (tertiary/aromatic N) is 4. The number of carbonyl (C=O) groups excluding carboxylic acids is 1. The normalized spacial score (nSPS) is 18.4. The van der Waals surface area contributed by atoms with Crippen LogP contribution in [-0.4, -0.2) is 33.6 Å². The molecule has 7 heteroatoms. The van der Waals surface area contributed by atoms with E-state index in [1.807, 2.05) is 6.07 Å². The van der Waals surface area contributed by atoms with Crippen molar-refractivity contribution in [2.24, 2.45) is 5.92 Å². The van der Waals surface area contributed by atoms with Crippen LogP contribution in [0.4, 0.5) is 11.5 Å². The Balaban J connectivity index is 1.65. The molecule has 0 radical (unpaired) electrons. The summed E-state index contributed by atoms with van der Waals surface area (Å²) >= 11 is 0. The first-order valence-corrected chi connectivity index (χ1v) is 8.67. The molecule has 7 nitrogen and oxygen atoms in total. The Morgan fingerprint density at radius 3 is 2.62 bits per heavy atom. The number of anilines is 2. The van der Waals surface area contributed by atoms with Gasteiger partial charge in [-0.05, 0) is 37.8 Å². The van der Waals surface area contributed by atoms with Crippen molar-refractivity contribution >= 4 is 23.1 Å². The van der Waals surface area contributed by atoms with Gasteiger partial charge in [-0.15, -0.1) is 5.10 Å². The van der Waals surface area contributed by atoms with Crippen LogP contribution < -0.4 is 15.8 Å². The molecule has 3 heterocycles. The van der Waals surface area contributed by atoms with Gasteiger partial charge in [-0.25, -0.2) is 4.98 Å². The largest absolute Gasteiger partial charge is 0.355 e. The zero-order valence-corrected chi connectivity index (χ0v) is 13.6. The molecule has 1 amide bonds. The molecule has 126 valence electrons. The van der Waals surface area contributed by atoms with Crippen LogP contribution in [0, 0.1) is 5.92 Å². The van der Waals surface area contributed by atoms with Crippen molar-refractivity contribution in [3.05, 3.63) is 28.7 Å². The minimum absolute atomic E-state index is 0.00832. The van der Waals surface area contributed by atoms with Crippen molar-refractivity contribution in [2.75, 3.05) is 23.3 Å². The van der Waals surface area contributed by atoms with Crippen molar-refractivity contribution in [1.29, 1.82) is 0 Å². The Labute approximate surface area is 139 Å². The topological polar surface area (TPSA) is 79.6 Å². The Bertz CT molecular complexity index is 819. The van der Waals surface area contributed by atoms with E-state index in [2.05, 4.69) is 20.3 Å². The first-order valence-electron chi connectivity index (χ1n) is 8.67. The van der Waals surface area contributed by atoms with Gasteiger partial charge < -0.3 is 10.2 Å². The number of rotatable bonds is 3. The number of fused-ring (bicyclic) bond motifs is 1. The average Bonchev–Trinajstić information content (AvgIpc) is 3.31. The van der Waals surface area contributed by atoms with Crippen LogP contribution >= 0.6 is 0 Å². The Hall–Kier alpha value is -2.44. The summed E-state index contributed by atoms with van der Waals surface area (Å²) in [5.74, 6) is 0.708. The quantitative estimate of drug-likeness (QED) is 0.930. The molecule has 2 fully saturated rings. The molecule has 1 saturated carbocycles. The van der Waals surface area contributed by atoms with Crippen LogP contribution in [0.2, 0.25) is 0 Å². The molecule has 0 atom stereocenters. The fourth-order valence-electron chi connectivity index (χ4n) is 3.58. The molecular formula is C17H21N5O2. The maximum Gasteiger partial charge on any atom is 0.298 e. The van der Waals surface area contributed by atoms with Crippen molar-refractivity contribution < 1.29 is 4.79 Å². The average molecular weight is 327 g/mol. The summed E-state index contributed by atoms with van der Waals surface area (Å²) in [6, 6.07) is 3.69. The van der Waals surface area contributed by atoms with E-state index in [1.165, 1.54) is 10.7 Å². The molecule has 2 aromatic heterocycles. The standard InChI is InChI=1S/C17H21N5O2/c23-16(12-5-1-2-6-12)19-13-11-18-14-7-8-15(20-22(14)17(13)24)21-9-3-4-10-21/h7-8,11-12H,1-6,9-10H2,(H,19,23). The third-order valence-electron chi connectivity index (χ3n) is 4.96. The smallest absolute Gasteiger partial charge is 0.298 e. The molecular weight excluding hydrogens is 306 g/mol. The fourth-order valence-corrected chi connectivity index (χ4v) is 3.58. The highest BCUT2D eigenvalue weighted by molar-refractivity contribution is 5.92. The summed E-state index contributed by atoms with van der Waals surface area (Å²) < 4.78 is 1.29. The van der Waals surface area contributed by atoms with Gasteiger partial charge in [0.1, 0.15) is 11.5 Å². The molecule has 4 rings (SSSR count). The van der Waals surface area contributed by atoms with Crippen LogP contribution in [0.1, 0.15) is 38.5 Å². The maximum atomic E-state index is 12.7. The van der Waals surface area contributed by atoms with Gasteiger partial charge in [-0.2, -0.15) is 4.52 Å². The summed E-state index contributed by atoms with van der Waals surface area (Å²) in [6.45, 7) is 1.91. The fraction of sp³-hybridized carbons (Fsp3) is 0.529. The third kappa shape index (κ3) is 2.74.